The fourth-order valence-electron chi connectivity index (χ4n) is 2.54. The normalized spacial score (nSPS) is 17.2. The zero-order valence-electron chi connectivity index (χ0n) is 12.3. The SMILES string of the molecule is O=C(CC1CCCN1)Nc1cnccc1Oc1ccccc1. The summed E-state index contributed by atoms with van der Waals surface area (Å²) in [5.41, 5.74) is 0.592. The molecule has 0 spiro atoms. The Kier molecular flexibility index (Phi) is 4.65. The molecule has 0 aliphatic carbocycles. The van der Waals surface area contributed by atoms with Gasteiger partial charge in [0.15, 0.2) is 5.75 Å². The first-order valence-electron chi connectivity index (χ1n) is 7.51. The molecule has 2 heterocycles. The molecule has 22 heavy (non-hydrogen) atoms. The van der Waals surface area contributed by atoms with Gasteiger partial charge in [0.1, 0.15) is 11.4 Å². The molecule has 0 bridgehead atoms. The van der Waals surface area contributed by atoms with Crippen LogP contribution in [0.2, 0.25) is 0 Å². The maximum atomic E-state index is 12.1. The molecule has 2 N–H and O–H groups in total. The van der Waals surface area contributed by atoms with E-state index in [1.54, 1.807) is 18.5 Å². The lowest BCUT2D eigenvalue weighted by atomic mass is 10.1. The first-order valence-corrected chi connectivity index (χ1v) is 7.51. The molecular weight excluding hydrogens is 278 g/mol. The van der Waals surface area contributed by atoms with E-state index in [1.165, 1.54) is 0 Å². The Bertz CT molecular complexity index is 625. The molecule has 1 saturated heterocycles. The number of anilines is 1. The van der Waals surface area contributed by atoms with E-state index in [0.717, 1.165) is 25.1 Å². The predicted octanol–water partition coefficient (Wildman–Crippen LogP) is 2.95. The summed E-state index contributed by atoms with van der Waals surface area (Å²) >= 11 is 0. The van der Waals surface area contributed by atoms with Crippen molar-refractivity contribution in [2.45, 2.75) is 25.3 Å². The van der Waals surface area contributed by atoms with E-state index in [-0.39, 0.29) is 11.9 Å². The van der Waals surface area contributed by atoms with Crippen molar-refractivity contribution in [3.8, 4) is 11.5 Å². The fourth-order valence-corrected chi connectivity index (χ4v) is 2.54. The van der Waals surface area contributed by atoms with Gasteiger partial charge in [-0.1, -0.05) is 18.2 Å². The van der Waals surface area contributed by atoms with E-state index in [4.69, 9.17) is 4.74 Å². The standard InChI is InChI=1S/C17H19N3O2/c21-17(11-13-5-4-9-19-13)20-15-12-18-10-8-16(15)22-14-6-2-1-3-7-14/h1-3,6-8,10,12-13,19H,4-5,9,11H2,(H,20,21). The minimum Gasteiger partial charge on any atom is -0.455 e. The van der Waals surface area contributed by atoms with Crippen molar-refractivity contribution >= 4 is 11.6 Å². The zero-order chi connectivity index (χ0) is 15.2. The summed E-state index contributed by atoms with van der Waals surface area (Å²) in [5.74, 6) is 1.29. The highest BCUT2D eigenvalue weighted by Gasteiger charge is 2.18. The van der Waals surface area contributed by atoms with Gasteiger partial charge in [-0.05, 0) is 31.5 Å². The molecule has 2 aromatic rings. The average molecular weight is 297 g/mol. The van der Waals surface area contributed by atoms with Crippen LogP contribution in [-0.2, 0) is 4.79 Å². The molecule has 114 valence electrons. The van der Waals surface area contributed by atoms with Gasteiger partial charge in [-0.2, -0.15) is 0 Å². The van der Waals surface area contributed by atoms with E-state index < -0.39 is 0 Å². The number of nitrogens with one attached hydrogen (secondary N) is 2. The summed E-state index contributed by atoms with van der Waals surface area (Å²) in [6.07, 6.45) is 5.91. The van der Waals surface area contributed by atoms with Crippen LogP contribution < -0.4 is 15.4 Å². The number of para-hydroxylation sites is 1. The summed E-state index contributed by atoms with van der Waals surface area (Å²) in [5, 5.41) is 6.21. The number of carbonyl (C=O) groups is 1. The Morgan fingerprint density at radius 1 is 1.32 bits per heavy atom. The molecular formula is C17H19N3O2. The van der Waals surface area contributed by atoms with Crippen molar-refractivity contribution in [2.75, 3.05) is 11.9 Å². The predicted molar refractivity (Wildman–Crippen MR) is 85.0 cm³/mol. The van der Waals surface area contributed by atoms with Crippen LogP contribution in [0.15, 0.2) is 48.8 Å². The quantitative estimate of drug-likeness (QED) is 0.890. The van der Waals surface area contributed by atoms with E-state index in [0.29, 0.717) is 17.9 Å². The minimum atomic E-state index is -0.0229. The van der Waals surface area contributed by atoms with Gasteiger partial charge >= 0.3 is 0 Å². The van der Waals surface area contributed by atoms with Crippen molar-refractivity contribution in [1.82, 2.24) is 10.3 Å². The Morgan fingerprint density at radius 2 is 2.18 bits per heavy atom. The van der Waals surface area contributed by atoms with Crippen molar-refractivity contribution in [3.63, 3.8) is 0 Å². The van der Waals surface area contributed by atoms with E-state index in [9.17, 15) is 4.79 Å². The Labute approximate surface area is 129 Å². The van der Waals surface area contributed by atoms with Gasteiger partial charge in [0.25, 0.3) is 0 Å². The van der Waals surface area contributed by atoms with E-state index >= 15 is 0 Å². The molecule has 1 aliphatic rings. The lowest BCUT2D eigenvalue weighted by Gasteiger charge is -2.13. The number of benzene rings is 1. The topological polar surface area (TPSA) is 63.2 Å². The number of carbonyl (C=O) groups excluding carboxylic acids is 1. The number of hydrogen-bond acceptors (Lipinski definition) is 4. The lowest BCUT2D eigenvalue weighted by Crippen LogP contribution is -2.27. The third-order valence-corrected chi connectivity index (χ3v) is 3.62. The largest absolute Gasteiger partial charge is 0.455 e. The smallest absolute Gasteiger partial charge is 0.226 e. The van der Waals surface area contributed by atoms with Gasteiger partial charge in [-0.3, -0.25) is 9.78 Å². The molecule has 1 aromatic carbocycles. The highest BCUT2D eigenvalue weighted by atomic mass is 16.5. The van der Waals surface area contributed by atoms with E-state index in [2.05, 4.69) is 15.6 Å². The Balaban J connectivity index is 1.66. The van der Waals surface area contributed by atoms with Crippen LogP contribution in [0.4, 0.5) is 5.69 Å². The number of rotatable bonds is 5. The van der Waals surface area contributed by atoms with Crippen LogP contribution in [0.1, 0.15) is 19.3 Å². The summed E-state index contributed by atoms with van der Waals surface area (Å²) in [6, 6.07) is 11.5. The van der Waals surface area contributed by atoms with Gasteiger partial charge in [-0.15, -0.1) is 0 Å². The van der Waals surface area contributed by atoms with Crippen LogP contribution in [-0.4, -0.2) is 23.5 Å². The molecule has 5 heteroatoms. The average Bonchev–Trinajstić information content (AvgIpc) is 3.03. The third-order valence-electron chi connectivity index (χ3n) is 3.62. The summed E-state index contributed by atoms with van der Waals surface area (Å²) in [6.45, 7) is 0.993. The third kappa shape index (κ3) is 3.83. The molecule has 1 amide bonds. The van der Waals surface area contributed by atoms with Crippen molar-refractivity contribution < 1.29 is 9.53 Å². The second-order valence-corrected chi connectivity index (χ2v) is 5.33. The molecule has 0 radical (unpaired) electrons. The van der Waals surface area contributed by atoms with Crippen molar-refractivity contribution in [1.29, 1.82) is 0 Å². The van der Waals surface area contributed by atoms with Crippen LogP contribution >= 0.6 is 0 Å². The number of pyridine rings is 1. The number of amides is 1. The number of ether oxygens (including phenoxy) is 1. The first-order chi connectivity index (χ1) is 10.8. The molecule has 1 aliphatic heterocycles. The maximum Gasteiger partial charge on any atom is 0.226 e. The first kappa shape index (κ1) is 14.5. The molecule has 0 saturated carbocycles. The molecule has 1 fully saturated rings. The van der Waals surface area contributed by atoms with Gasteiger partial charge < -0.3 is 15.4 Å². The van der Waals surface area contributed by atoms with Crippen LogP contribution in [0.3, 0.4) is 0 Å². The van der Waals surface area contributed by atoms with Crippen LogP contribution in [0.5, 0.6) is 11.5 Å². The highest BCUT2D eigenvalue weighted by Crippen LogP contribution is 2.28. The van der Waals surface area contributed by atoms with E-state index in [1.807, 2.05) is 30.3 Å². The number of nitrogens with zero attached hydrogens (tertiary/aromatic N) is 1. The second kappa shape index (κ2) is 7.04. The van der Waals surface area contributed by atoms with Crippen LogP contribution in [0.25, 0.3) is 0 Å². The number of aromatic nitrogens is 1. The Morgan fingerprint density at radius 3 is 2.95 bits per heavy atom. The van der Waals surface area contributed by atoms with Gasteiger partial charge in [0.2, 0.25) is 5.91 Å². The molecule has 1 unspecified atom stereocenters. The molecule has 1 atom stereocenters. The molecule has 5 nitrogen and oxygen atoms in total. The van der Waals surface area contributed by atoms with Gasteiger partial charge in [-0.25, -0.2) is 0 Å². The van der Waals surface area contributed by atoms with Crippen molar-refractivity contribution in [3.05, 3.63) is 48.8 Å². The van der Waals surface area contributed by atoms with Gasteiger partial charge in [0, 0.05) is 24.7 Å². The fraction of sp³-hybridized carbons (Fsp3) is 0.294. The maximum absolute atomic E-state index is 12.1. The summed E-state index contributed by atoms with van der Waals surface area (Å²) in [7, 11) is 0. The van der Waals surface area contributed by atoms with Crippen molar-refractivity contribution in [2.24, 2.45) is 0 Å². The van der Waals surface area contributed by atoms with Gasteiger partial charge in [0.05, 0.1) is 6.20 Å². The molecule has 3 rings (SSSR count). The highest BCUT2D eigenvalue weighted by molar-refractivity contribution is 5.92. The molecule has 1 aromatic heterocycles. The lowest BCUT2D eigenvalue weighted by molar-refractivity contribution is -0.116. The number of hydrogen-bond donors (Lipinski definition) is 2. The van der Waals surface area contributed by atoms with Crippen LogP contribution in [0, 0.1) is 0 Å². The monoisotopic (exact) mass is 297 g/mol. The minimum absolute atomic E-state index is 0.0229. The summed E-state index contributed by atoms with van der Waals surface area (Å²) in [4.78, 5) is 16.2. The Hall–Kier alpha value is -2.40. The second-order valence-electron chi connectivity index (χ2n) is 5.33. The zero-order valence-corrected chi connectivity index (χ0v) is 12.3. The summed E-state index contributed by atoms with van der Waals surface area (Å²) < 4.78 is 5.81.